The summed E-state index contributed by atoms with van der Waals surface area (Å²) in [5.41, 5.74) is 9.00. The van der Waals surface area contributed by atoms with Crippen molar-refractivity contribution in [2.75, 3.05) is 0 Å². The first kappa shape index (κ1) is 14.4. The fraction of sp³-hybridized carbons (Fsp3) is 0.167. The summed E-state index contributed by atoms with van der Waals surface area (Å²) in [5.74, 6) is -1.26. The fourth-order valence-corrected chi connectivity index (χ4v) is 2.87. The molecule has 0 fully saturated rings. The number of H-pyrrole nitrogens is 1. The number of hydrogen-bond donors (Lipinski definition) is 3. The molecule has 0 aliphatic rings. The summed E-state index contributed by atoms with van der Waals surface area (Å²) in [6, 6.07) is 16.8. The number of aliphatic carboxylic acids is 1. The van der Waals surface area contributed by atoms with Crippen LogP contribution >= 0.6 is 0 Å². The number of carboxylic acid groups (broad SMARTS) is 1. The van der Waals surface area contributed by atoms with Crippen LogP contribution in [0.25, 0.3) is 10.9 Å². The highest BCUT2D eigenvalue weighted by Gasteiger charge is 2.28. The Hall–Kier alpha value is -2.59. The van der Waals surface area contributed by atoms with Gasteiger partial charge in [0.15, 0.2) is 0 Å². The van der Waals surface area contributed by atoms with Crippen LogP contribution in [0.3, 0.4) is 0 Å². The smallest absolute Gasteiger partial charge is 0.321 e. The van der Waals surface area contributed by atoms with Gasteiger partial charge in [0.1, 0.15) is 6.04 Å². The third-order valence-corrected chi connectivity index (χ3v) is 4.04. The van der Waals surface area contributed by atoms with Crippen molar-refractivity contribution in [2.45, 2.75) is 18.4 Å². The summed E-state index contributed by atoms with van der Waals surface area (Å²) in [5, 5.41) is 10.4. The predicted octanol–water partition coefficient (Wildman–Crippen LogP) is 2.91. The van der Waals surface area contributed by atoms with E-state index in [1.165, 1.54) is 0 Å². The zero-order valence-corrected chi connectivity index (χ0v) is 12.1. The van der Waals surface area contributed by atoms with E-state index in [2.05, 4.69) is 4.98 Å². The van der Waals surface area contributed by atoms with E-state index in [0.717, 1.165) is 22.0 Å². The highest BCUT2D eigenvalue weighted by Crippen LogP contribution is 2.30. The van der Waals surface area contributed by atoms with Crippen LogP contribution in [0.1, 0.15) is 17.0 Å². The first-order valence-corrected chi connectivity index (χ1v) is 7.25. The highest BCUT2D eigenvalue weighted by molar-refractivity contribution is 5.85. The number of para-hydroxylation sites is 1. The van der Waals surface area contributed by atoms with Gasteiger partial charge in [0.25, 0.3) is 0 Å². The molecule has 4 N–H and O–H groups in total. The van der Waals surface area contributed by atoms with Gasteiger partial charge in [-0.2, -0.15) is 0 Å². The van der Waals surface area contributed by atoms with Crippen LogP contribution in [0.4, 0.5) is 0 Å². The second-order valence-corrected chi connectivity index (χ2v) is 5.45. The number of carbonyl (C=O) groups is 1. The van der Waals surface area contributed by atoms with Gasteiger partial charge in [0, 0.05) is 23.0 Å². The standard InChI is InChI=1S/C18H18N2O2/c19-17(18(21)22)14(10-12-6-2-1-3-7-12)15-11-20-16-9-5-4-8-13(15)16/h1-9,11,14,17,20H,10,19H2,(H,21,22)/t14-,17+/m0/s1. The van der Waals surface area contributed by atoms with Crippen LogP contribution in [0.2, 0.25) is 0 Å². The highest BCUT2D eigenvalue weighted by atomic mass is 16.4. The molecule has 0 aliphatic heterocycles. The molecular formula is C18H18N2O2. The molecular weight excluding hydrogens is 276 g/mol. The van der Waals surface area contributed by atoms with Gasteiger partial charge in [0.2, 0.25) is 0 Å². The second kappa shape index (κ2) is 6.03. The van der Waals surface area contributed by atoms with Crippen molar-refractivity contribution >= 4 is 16.9 Å². The molecule has 22 heavy (non-hydrogen) atoms. The average molecular weight is 294 g/mol. The summed E-state index contributed by atoms with van der Waals surface area (Å²) >= 11 is 0. The van der Waals surface area contributed by atoms with E-state index in [9.17, 15) is 9.90 Å². The number of benzene rings is 2. The van der Waals surface area contributed by atoms with Gasteiger partial charge in [0.05, 0.1) is 0 Å². The van der Waals surface area contributed by atoms with E-state index in [4.69, 9.17) is 5.73 Å². The zero-order chi connectivity index (χ0) is 15.5. The predicted molar refractivity (Wildman–Crippen MR) is 86.8 cm³/mol. The number of aromatic amines is 1. The molecule has 112 valence electrons. The molecule has 4 nitrogen and oxygen atoms in total. The third-order valence-electron chi connectivity index (χ3n) is 4.04. The maximum atomic E-state index is 11.4. The first-order chi connectivity index (χ1) is 10.7. The van der Waals surface area contributed by atoms with Crippen molar-refractivity contribution in [1.29, 1.82) is 0 Å². The van der Waals surface area contributed by atoms with E-state index < -0.39 is 12.0 Å². The fourth-order valence-electron chi connectivity index (χ4n) is 2.87. The van der Waals surface area contributed by atoms with Gasteiger partial charge >= 0.3 is 5.97 Å². The molecule has 3 rings (SSSR count). The topological polar surface area (TPSA) is 79.1 Å². The van der Waals surface area contributed by atoms with Gasteiger partial charge in [-0.15, -0.1) is 0 Å². The number of fused-ring (bicyclic) bond motifs is 1. The summed E-state index contributed by atoms with van der Waals surface area (Å²) in [6.45, 7) is 0. The molecule has 0 aliphatic carbocycles. The molecule has 0 saturated carbocycles. The third kappa shape index (κ3) is 2.73. The number of nitrogens with two attached hydrogens (primary N) is 1. The largest absolute Gasteiger partial charge is 0.480 e. The van der Waals surface area contributed by atoms with E-state index >= 15 is 0 Å². The van der Waals surface area contributed by atoms with E-state index in [0.29, 0.717) is 6.42 Å². The minimum absolute atomic E-state index is 0.281. The molecule has 1 aromatic heterocycles. The van der Waals surface area contributed by atoms with E-state index in [1.807, 2.05) is 60.8 Å². The van der Waals surface area contributed by atoms with Crippen LogP contribution in [-0.2, 0) is 11.2 Å². The molecule has 0 spiro atoms. The zero-order valence-electron chi connectivity index (χ0n) is 12.1. The summed E-state index contributed by atoms with van der Waals surface area (Å²) in [6.07, 6.45) is 2.47. The molecule has 0 bridgehead atoms. The van der Waals surface area contributed by atoms with Crippen LogP contribution in [0.15, 0.2) is 60.8 Å². The Bertz CT molecular complexity index is 780. The molecule has 4 heteroatoms. The minimum atomic E-state index is -0.980. The maximum Gasteiger partial charge on any atom is 0.321 e. The summed E-state index contributed by atoms with van der Waals surface area (Å²) in [4.78, 5) is 14.6. The van der Waals surface area contributed by atoms with Crippen LogP contribution in [0.5, 0.6) is 0 Å². The van der Waals surface area contributed by atoms with Crippen molar-refractivity contribution < 1.29 is 9.90 Å². The second-order valence-electron chi connectivity index (χ2n) is 5.45. The van der Waals surface area contributed by atoms with Crippen molar-refractivity contribution in [3.8, 4) is 0 Å². The van der Waals surface area contributed by atoms with Crippen molar-refractivity contribution in [2.24, 2.45) is 5.73 Å². The number of rotatable bonds is 5. The van der Waals surface area contributed by atoms with Crippen LogP contribution in [-0.4, -0.2) is 22.1 Å². The lowest BCUT2D eigenvalue weighted by atomic mass is 9.86. The number of nitrogens with one attached hydrogen (secondary N) is 1. The van der Waals surface area contributed by atoms with Gasteiger partial charge in [-0.1, -0.05) is 48.5 Å². The summed E-state index contributed by atoms with van der Waals surface area (Å²) < 4.78 is 0. The Balaban J connectivity index is 2.03. The first-order valence-electron chi connectivity index (χ1n) is 7.25. The lowest BCUT2D eigenvalue weighted by Gasteiger charge is -2.21. The van der Waals surface area contributed by atoms with Gasteiger partial charge in [-0.3, -0.25) is 4.79 Å². The Labute approximate surface area is 128 Å². The lowest BCUT2D eigenvalue weighted by molar-refractivity contribution is -0.139. The lowest BCUT2D eigenvalue weighted by Crippen LogP contribution is -2.37. The molecule has 3 aromatic rings. The normalized spacial score (nSPS) is 13.9. The SMILES string of the molecule is N[C@@H](C(=O)O)[C@@H](Cc1ccccc1)c1c[nH]c2ccccc12. The Morgan fingerprint density at radius 3 is 2.50 bits per heavy atom. The van der Waals surface area contributed by atoms with Gasteiger partial charge in [-0.05, 0) is 23.6 Å². The molecule has 0 radical (unpaired) electrons. The average Bonchev–Trinajstić information content (AvgIpc) is 2.97. The number of aromatic nitrogens is 1. The molecule has 0 amide bonds. The minimum Gasteiger partial charge on any atom is -0.480 e. The Morgan fingerprint density at radius 2 is 1.77 bits per heavy atom. The van der Waals surface area contributed by atoms with Crippen LogP contribution < -0.4 is 5.73 Å². The summed E-state index contributed by atoms with van der Waals surface area (Å²) in [7, 11) is 0. The Morgan fingerprint density at radius 1 is 1.09 bits per heavy atom. The van der Waals surface area contributed by atoms with Crippen LogP contribution in [0, 0.1) is 0 Å². The monoisotopic (exact) mass is 294 g/mol. The quantitative estimate of drug-likeness (QED) is 0.677. The molecule has 2 aromatic carbocycles. The van der Waals surface area contributed by atoms with E-state index in [-0.39, 0.29) is 5.92 Å². The molecule has 1 heterocycles. The van der Waals surface area contributed by atoms with Gasteiger partial charge in [-0.25, -0.2) is 0 Å². The van der Waals surface area contributed by atoms with Gasteiger partial charge < -0.3 is 15.8 Å². The maximum absolute atomic E-state index is 11.4. The van der Waals surface area contributed by atoms with E-state index in [1.54, 1.807) is 0 Å². The number of hydrogen-bond acceptors (Lipinski definition) is 2. The Kier molecular flexibility index (Phi) is 3.94. The molecule has 2 atom stereocenters. The molecule has 0 unspecified atom stereocenters. The van der Waals surface area contributed by atoms with Crippen molar-refractivity contribution in [3.63, 3.8) is 0 Å². The van der Waals surface area contributed by atoms with Crippen molar-refractivity contribution in [3.05, 3.63) is 71.9 Å². The molecule has 0 saturated heterocycles. The van der Waals surface area contributed by atoms with Crippen molar-refractivity contribution in [1.82, 2.24) is 4.98 Å². The number of carboxylic acids is 1.